The van der Waals surface area contributed by atoms with E-state index in [1.54, 1.807) is 0 Å². The molecule has 0 saturated heterocycles. The maximum Gasteiger partial charge on any atom is 0.511 e. The lowest BCUT2D eigenvalue weighted by molar-refractivity contribution is -0.0492. The molecule has 0 aliphatic carbocycles. The molecule has 1 unspecified atom stereocenters. The van der Waals surface area contributed by atoms with E-state index in [0.29, 0.717) is 7.05 Å². The van der Waals surface area contributed by atoms with Crippen molar-refractivity contribution < 1.29 is 30.4 Å². The van der Waals surface area contributed by atoms with Crippen LogP contribution < -0.4 is 0 Å². The van der Waals surface area contributed by atoms with E-state index in [1.165, 1.54) is 0 Å². The molecule has 1 atom stereocenters. The van der Waals surface area contributed by atoms with E-state index in [1.807, 2.05) is 0 Å². The Balaban J connectivity index is 3.25. The molecule has 0 spiro atoms. The number of alkyl halides is 3. The van der Waals surface area contributed by atoms with Crippen LogP contribution in [0, 0.1) is 11.6 Å². The Morgan fingerprint density at radius 3 is 1.95 bits per heavy atom. The van der Waals surface area contributed by atoms with E-state index in [-0.39, 0.29) is 4.31 Å². The van der Waals surface area contributed by atoms with Gasteiger partial charge in [0.15, 0.2) is 0 Å². The van der Waals surface area contributed by atoms with Crippen molar-refractivity contribution in [3.8, 4) is 0 Å². The Labute approximate surface area is 106 Å². The zero-order valence-electron chi connectivity index (χ0n) is 9.87. The first-order valence-electron chi connectivity index (χ1n) is 4.98. The van der Waals surface area contributed by atoms with Gasteiger partial charge >= 0.3 is 15.5 Å². The first-order valence-corrected chi connectivity index (χ1v) is 6.42. The molecule has 0 aliphatic rings. The Bertz CT molecular complexity index is 550. The summed E-state index contributed by atoms with van der Waals surface area (Å²) < 4.78 is 86.0. The largest absolute Gasteiger partial charge is 0.511 e. The first-order chi connectivity index (χ1) is 8.50. The van der Waals surface area contributed by atoms with Gasteiger partial charge < -0.3 is 0 Å². The number of benzene rings is 1. The van der Waals surface area contributed by atoms with Crippen LogP contribution in [0.15, 0.2) is 18.2 Å². The summed E-state index contributed by atoms with van der Waals surface area (Å²) in [6.07, 6.45) is 0. The van der Waals surface area contributed by atoms with Gasteiger partial charge in [0.05, 0.1) is 6.04 Å². The number of halogens is 5. The summed E-state index contributed by atoms with van der Waals surface area (Å²) in [6, 6.07) is 1.07. The van der Waals surface area contributed by atoms with Crippen molar-refractivity contribution in [2.24, 2.45) is 0 Å². The minimum absolute atomic E-state index is 0.117. The van der Waals surface area contributed by atoms with Crippen LogP contribution in [0.5, 0.6) is 0 Å². The van der Waals surface area contributed by atoms with Crippen LogP contribution in [0.1, 0.15) is 18.5 Å². The average molecular weight is 303 g/mol. The van der Waals surface area contributed by atoms with Crippen molar-refractivity contribution in [3.05, 3.63) is 35.4 Å². The summed E-state index contributed by atoms with van der Waals surface area (Å²) in [7, 11) is -5.05. The Hall–Kier alpha value is -1.22. The van der Waals surface area contributed by atoms with Gasteiger partial charge in [-0.3, -0.25) is 0 Å². The van der Waals surface area contributed by atoms with E-state index >= 15 is 0 Å². The van der Waals surface area contributed by atoms with Crippen LogP contribution in [0.3, 0.4) is 0 Å². The summed E-state index contributed by atoms with van der Waals surface area (Å²) in [4.78, 5) is 0. The highest BCUT2D eigenvalue weighted by molar-refractivity contribution is 7.89. The van der Waals surface area contributed by atoms with Gasteiger partial charge in [-0.05, 0) is 19.1 Å². The smallest absolute Gasteiger partial charge is 0.207 e. The normalized spacial score (nSPS) is 14.7. The fourth-order valence-electron chi connectivity index (χ4n) is 1.46. The van der Waals surface area contributed by atoms with Crippen molar-refractivity contribution in [1.29, 1.82) is 0 Å². The highest BCUT2D eigenvalue weighted by Crippen LogP contribution is 2.33. The van der Waals surface area contributed by atoms with Crippen LogP contribution >= 0.6 is 0 Å². The van der Waals surface area contributed by atoms with Crippen LogP contribution in [0.4, 0.5) is 22.0 Å². The molecule has 0 amide bonds. The lowest BCUT2D eigenvalue weighted by Gasteiger charge is -2.25. The number of hydrogen-bond donors (Lipinski definition) is 0. The van der Waals surface area contributed by atoms with Crippen LogP contribution in [-0.4, -0.2) is 25.3 Å². The standard InChI is InChI=1S/C10H10F5NO2S/c1-6(9-7(11)4-3-5-8(9)12)16(2)19(17,18)10(13,14)15/h3-6H,1-2H3. The van der Waals surface area contributed by atoms with E-state index < -0.39 is 38.8 Å². The molecular weight excluding hydrogens is 293 g/mol. The summed E-state index contributed by atoms with van der Waals surface area (Å²) in [5.74, 6) is -2.23. The summed E-state index contributed by atoms with van der Waals surface area (Å²) >= 11 is 0. The molecular formula is C10H10F5NO2S. The Morgan fingerprint density at radius 1 is 1.16 bits per heavy atom. The number of rotatable bonds is 3. The minimum atomic E-state index is -5.66. The monoisotopic (exact) mass is 303 g/mol. The SMILES string of the molecule is CC(c1c(F)cccc1F)N(C)S(=O)(=O)C(F)(F)F. The molecule has 9 heteroatoms. The van der Waals surface area contributed by atoms with Gasteiger partial charge in [0, 0.05) is 12.6 Å². The zero-order chi connectivity index (χ0) is 15.0. The number of hydrogen-bond acceptors (Lipinski definition) is 2. The van der Waals surface area contributed by atoms with Gasteiger partial charge in [0.2, 0.25) is 0 Å². The van der Waals surface area contributed by atoms with Gasteiger partial charge in [0.1, 0.15) is 11.6 Å². The molecule has 0 bridgehead atoms. The number of sulfonamides is 1. The average Bonchev–Trinajstić information content (AvgIpc) is 2.25. The molecule has 3 nitrogen and oxygen atoms in total. The second kappa shape index (κ2) is 5.04. The molecule has 0 heterocycles. The second-order valence-corrected chi connectivity index (χ2v) is 5.77. The fraction of sp³-hybridized carbons (Fsp3) is 0.400. The van der Waals surface area contributed by atoms with Crippen molar-refractivity contribution >= 4 is 10.0 Å². The zero-order valence-corrected chi connectivity index (χ0v) is 10.7. The summed E-state index contributed by atoms with van der Waals surface area (Å²) in [6.45, 7) is 0.963. The number of nitrogens with zero attached hydrogens (tertiary/aromatic N) is 1. The molecule has 1 aromatic carbocycles. The van der Waals surface area contributed by atoms with Crippen LogP contribution in [-0.2, 0) is 10.0 Å². The highest BCUT2D eigenvalue weighted by atomic mass is 32.2. The Morgan fingerprint density at radius 2 is 1.58 bits per heavy atom. The maximum atomic E-state index is 13.4. The fourth-order valence-corrected chi connectivity index (χ4v) is 2.31. The van der Waals surface area contributed by atoms with E-state index in [9.17, 15) is 30.4 Å². The molecule has 0 aromatic heterocycles. The van der Waals surface area contributed by atoms with E-state index in [2.05, 4.69) is 0 Å². The maximum absolute atomic E-state index is 13.4. The Kier molecular flexibility index (Phi) is 4.20. The van der Waals surface area contributed by atoms with Gasteiger partial charge in [-0.1, -0.05) is 6.07 Å². The molecule has 1 rings (SSSR count). The van der Waals surface area contributed by atoms with Crippen LogP contribution in [0.25, 0.3) is 0 Å². The van der Waals surface area contributed by atoms with E-state index in [4.69, 9.17) is 0 Å². The summed E-state index contributed by atoms with van der Waals surface area (Å²) in [5.41, 5.74) is -6.27. The van der Waals surface area contributed by atoms with Gasteiger partial charge in [-0.15, -0.1) is 0 Å². The highest BCUT2D eigenvalue weighted by Gasteiger charge is 2.50. The molecule has 0 radical (unpaired) electrons. The first kappa shape index (κ1) is 15.8. The quantitative estimate of drug-likeness (QED) is 0.805. The molecule has 0 aliphatic heterocycles. The van der Waals surface area contributed by atoms with Gasteiger partial charge in [-0.2, -0.15) is 17.5 Å². The van der Waals surface area contributed by atoms with Crippen molar-refractivity contribution in [3.63, 3.8) is 0 Å². The topological polar surface area (TPSA) is 37.4 Å². The third kappa shape index (κ3) is 2.86. The lowest BCUT2D eigenvalue weighted by Crippen LogP contribution is -2.40. The molecule has 19 heavy (non-hydrogen) atoms. The van der Waals surface area contributed by atoms with Crippen molar-refractivity contribution in [2.75, 3.05) is 7.05 Å². The molecule has 0 fully saturated rings. The van der Waals surface area contributed by atoms with Crippen molar-refractivity contribution in [1.82, 2.24) is 4.31 Å². The van der Waals surface area contributed by atoms with Gasteiger partial charge in [-0.25, -0.2) is 17.2 Å². The third-order valence-corrected chi connectivity index (χ3v) is 4.29. The minimum Gasteiger partial charge on any atom is -0.207 e. The van der Waals surface area contributed by atoms with Crippen LogP contribution in [0.2, 0.25) is 0 Å². The second-order valence-electron chi connectivity index (χ2n) is 3.78. The molecule has 0 N–H and O–H groups in total. The third-order valence-electron chi connectivity index (χ3n) is 2.63. The van der Waals surface area contributed by atoms with E-state index in [0.717, 1.165) is 25.1 Å². The predicted molar refractivity (Wildman–Crippen MR) is 57.5 cm³/mol. The predicted octanol–water partition coefficient (Wildman–Crippen LogP) is 2.81. The summed E-state index contributed by atoms with van der Waals surface area (Å²) in [5, 5.41) is 0. The lowest BCUT2D eigenvalue weighted by atomic mass is 10.1. The molecule has 1 aromatic rings. The molecule has 0 saturated carbocycles. The van der Waals surface area contributed by atoms with Gasteiger partial charge in [0.25, 0.3) is 0 Å². The molecule has 108 valence electrons. The van der Waals surface area contributed by atoms with Crippen molar-refractivity contribution in [2.45, 2.75) is 18.5 Å².